The lowest BCUT2D eigenvalue weighted by atomic mass is 10.3. The highest BCUT2D eigenvalue weighted by Gasteiger charge is 2.29. The molecule has 0 atom stereocenters. The van der Waals surface area contributed by atoms with Crippen molar-refractivity contribution in [2.45, 2.75) is 31.7 Å². The zero-order chi connectivity index (χ0) is 16.6. The highest BCUT2D eigenvalue weighted by atomic mass is 35.5. The Morgan fingerprint density at radius 1 is 1.35 bits per heavy atom. The molecule has 4 nitrogen and oxygen atoms in total. The third-order valence-corrected chi connectivity index (χ3v) is 4.20. The van der Waals surface area contributed by atoms with Crippen LogP contribution in [-0.2, 0) is 11.3 Å². The van der Waals surface area contributed by atoms with Crippen molar-refractivity contribution in [3.63, 3.8) is 0 Å². The van der Waals surface area contributed by atoms with E-state index in [1.165, 1.54) is 6.07 Å². The molecule has 1 amide bonds. The van der Waals surface area contributed by atoms with Gasteiger partial charge in [-0.15, -0.1) is 0 Å². The number of nitrogens with zero attached hydrogens (tertiary/aromatic N) is 2. The number of hydrogen-bond donors (Lipinski definition) is 1. The lowest BCUT2D eigenvalue weighted by Crippen LogP contribution is -2.21. The van der Waals surface area contributed by atoms with Gasteiger partial charge in [0.05, 0.1) is 21.4 Å². The van der Waals surface area contributed by atoms with Gasteiger partial charge < -0.3 is 5.32 Å². The van der Waals surface area contributed by atoms with Crippen molar-refractivity contribution in [2.24, 2.45) is 0 Å². The first kappa shape index (κ1) is 16.2. The molecule has 1 aromatic carbocycles. The number of carbonyl (C=O) groups excluding carboxylic acids is 1. The van der Waals surface area contributed by atoms with E-state index in [1.807, 2.05) is 0 Å². The molecular formula is C15H13Cl2F2N3O. The number of aromatic nitrogens is 2. The largest absolute Gasteiger partial charge is 0.322 e. The zero-order valence-electron chi connectivity index (χ0n) is 11.9. The van der Waals surface area contributed by atoms with Gasteiger partial charge in [-0.3, -0.25) is 9.48 Å². The van der Waals surface area contributed by atoms with Crippen LogP contribution in [0.25, 0.3) is 0 Å². The monoisotopic (exact) mass is 359 g/mol. The van der Waals surface area contributed by atoms with Crippen molar-refractivity contribution >= 4 is 34.8 Å². The number of hydrogen-bond acceptors (Lipinski definition) is 2. The van der Waals surface area contributed by atoms with E-state index >= 15 is 0 Å². The van der Waals surface area contributed by atoms with Crippen LogP contribution in [0.2, 0.25) is 10.0 Å². The van der Waals surface area contributed by atoms with E-state index < -0.39 is 12.3 Å². The number of benzene rings is 1. The smallest absolute Gasteiger partial charge is 0.280 e. The summed E-state index contributed by atoms with van der Waals surface area (Å²) in [6, 6.07) is 6.17. The number of carbonyl (C=O) groups is 1. The van der Waals surface area contributed by atoms with E-state index in [9.17, 15) is 13.6 Å². The maximum absolute atomic E-state index is 13.1. The average Bonchev–Trinajstić information content (AvgIpc) is 3.24. The van der Waals surface area contributed by atoms with Crippen LogP contribution in [0.15, 0.2) is 24.3 Å². The molecule has 122 valence electrons. The highest BCUT2D eigenvalue weighted by molar-refractivity contribution is 6.39. The first-order valence-electron chi connectivity index (χ1n) is 7.05. The second kappa shape index (κ2) is 6.45. The molecule has 0 radical (unpaired) electrons. The second-order valence-electron chi connectivity index (χ2n) is 5.37. The van der Waals surface area contributed by atoms with Gasteiger partial charge in [0.1, 0.15) is 12.2 Å². The van der Waals surface area contributed by atoms with Gasteiger partial charge in [-0.25, -0.2) is 8.78 Å². The van der Waals surface area contributed by atoms with Gasteiger partial charge in [0.2, 0.25) is 5.91 Å². The number of nitrogens with one attached hydrogen (secondary N) is 1. The Morgan fingerprint density at radius 2 is 2.00 bits per heavy atom. The highest BCUT2D eigenvalue weighted by Crippen LogP contribution is 2.40. The van der Waals surface area contributed by atoms with E-state index in [0.29, 0.717) is 5.69 Å². The fraction of sp³-hybridized carbons (Fsp3) is 0.333. The number of alkyl halides is 2. The number of anilines is 1. The molecule has 1 aliphatic carbocycles. The first-order valence-corrected chi connectivity index (χ1v) is 7.81. The Morgan fingerprint density at radius 3 is 2.57 bits per heavy atom. The fourth-order valence-corrected chi connectivity index (χ4v) is 2.76. The zero-order valence-corrected chi connectivity index (χ0v) is 13.4. The van der Waals surface area contributed by atoms with Crippen molar-refractivity contribution in [1.29, 1.82) is 0 Å². The van der Waals surface area contributed by atoms with Crippen molar-refractivity contribution in [1.82, 2.24) is 9.78 Å². The summed E-state index contributed by atoms with van der Waals surface area (Å²) in [5.41, 5.74) is 0.616. The summed E-state index contributed by atoms with van der Waals surface area (Å²) in [4.78, 5) is 12.1. The lowest BCUT2D eigenvalue weighted by Gasteiger charge is -2.10. The predicted octanol–water partition coefficient (Wildman–Crippen LogP) is 4.64. The summed E-state index contributed by atoms with van der Waals surface area (Å²) >= 11 is 11.9. The van der Waals surface area contributed by atoms with Crippen LogP contribution in [0.3, 0.4) is 0 Å². The van der Waals surface area contributed by atoms with Gasteiger partial charge in [-0.2, -0.15) is 5.10 Å². The summed E-state index contributed by atoms with van der Waals surface area (Å²) in [6.07, 6.45) is -0.797. The summed E-state index contributed by atoms with van der Waals surface area (Å²) in [5.74, 6) is -0.290. The molecule has 0 unspecified atom stereocenters. The number of amides is 1. The van der Waals surface area contributed by atoms with E-state index in [2.05, 4.69) is 10.4 Å². The van der Waals surface area contributed by atoms with E-state index in [-0.39, 0.29) is 33.9 Å². The molecule has 0 spiro atoms. The summed E-state index contributed by atoms with van der Waals surface area (Å²) in [5, 5.41) is 7.22. The van der Waals surface area contributed by atoms with Crippen LogP contribution in [0.4, 0.5) is 14.5 Å². The third kappa shape index (κ3) is 3.64. The molecule has 0 saturated heterocycles. The minimum atomic E-state index is -2.69. The molecule has 2 aromatic rings. The molecule has 0 bridgehead atoms. The molecule has 1 fully saturated rings. The van der Waals surface area contributed by atoms with Crippen LogP contribution in [-0.4, -0.2) is 15.7 Å². The maximum atomic E-state index is 13.1. The maximum Gasteiger partial charge on any atom is 0.280 e. The van der Waals surface area contributed by atoms with Gasteiger partial charge in [-0.1, -0.05) is 29.3 Å². The van der Waals surface area contributed by atoms with Gasteiger partial charge in [0, 0.05) is 5.92 Å². The minimum absolute atomic E-state index is 0.231. The summed E-state index contributed by atoms with van der Waals surface area (Å²) in [7, 11) is 0. The van der Waals surface area contributed by atoms with Gasteiger partial charge >= 0.3 is 0 Å². The first-order chi connectivity index (χ1) is 11.0. The molecule has 3 rings (SSSR count). The average molecular weight is 360 g/mol. The number of para-hydroxylation sites is 1. The van der Waals surface area contributed by atoms with Crippen LogP contribution in [0.5, 0.6) is 0 Å². The molecule has 8 heteroatoms. The van der Waals surface area contributed by atoms with E-state index in [0.717, 1.165) is 17.5 Å². The molecule has 1 aliphatic rings. The summed E-state index contributed by atoms with van der Waals surface area (Å²) < 4.78 is 27.2. The molecule has 0 aliphatic heterocycles. The van der Waals surface area contributed by atoms with Crippen molar-refractivity contribution in [3.05, 3.63) is 45.7 Å². The molecule has 1 aromatic heterocycles. The fourth-order valence-electron chi connectivity index (χ4n) is 2.27. The van der Waals surface area contributed by atoms with Crippen LogP contribution in [0, 0.1) is 0 Å². The topological polar surface area (TPSA) is 46.9 Å². The number of rotatable bonds is 5. The molecule has 1 N–H and O–H groups in total. The predicted molar refractivity (Wildman–Crippen MR) is 84.3 cm³/mol. The molecule has 1 saturated carbocycles. The summed E-state index contributed by atoms with van der Waals surface area (Å²) in [6.45, 7) is -0.325. The molecule has 1 heterocycles. The Hall–Kier alpha value is -1.66. The van der Waals surface area contributed by atoms with Gasteiger partial charge in [0.15, 0.2) is 0 Å². The van der Waals surface area contributed by atoms with E-state index in [1.54, 1.807) is 18.2 Å². The van der Waals surface area contributed by atoms with E-state index in [4.69, 9.17) is 23.2 Å². The van der Waals surface area contributed by atoms with Crippen molar-refractivity contribution in [2.75, 3.05) is 5.32 Å². The van der Waals surface area contributed by atoms with Crippen molar-refractivity contribution in [3.8, 4) is 0 Å². The molecule has 23 heavy (non-hydrogen) atoms. The quantitative estimate of drug-likeness (QED) is 0.844. The Kier molecular flexibility index (Phi) is 4.55. The molecular weight excluding hydrogens is 347 g/mol. The standard InChI is InChI=1S/C15H13Cl2F2N3O/c16-9-2-1-3-10(17)14(9)20-13(23)7-22-12(15(18)19)6-11(21-22)8-4-5-8/h1-3,6,8,15H,4-5,7H2,(H,20,23). The Bertz CT molecular complexity index is 724. The third-order valence-electron chi connectivity index (χ3n) is 3.57. The second-order valence-corrected chi connectivity index (χ2v) is 6.19. The Labute approximate surface area is 141 Å². The van der Waals surface area contributed by atoms with Crippen LogP contribution in [0.1, 0.15) is 36.6 Å². The SMILES string of the molecule is O=C(Cn1nc(C2CC2)cc1C(F)F)Nc1c(Cl)cccc1Cl. The minimum Gasteiger partial charge on any atom is -0.322 e. The van der Waals surface area contributed by atoms with Gasteiger partial charge in [0.25, 0.3) is 6.43 Å². The van der Waals surface area contributed by atoms with Gasteiger partial charge in [-0.05, 0) is 31.0 Å². The van der Waals surface area contributed by atoms with Crippen LogP contribution < -0.4 is 5.32 Å². The number of halogens is 4. The lowest BCUT2D eigenvalue weighted by molar-refractivity contribution is -0.117. The van der Waals surface area contributed by atoms with Crippen molar-refractivity contribution < 1.29 is 13.6 Å². The normalized spacial score (nSPS) is 14.3. The van der Waals surface area contributed by atoms with Crippen LogP contribution >= 0.6 is 23.2 Å². The Balaban J connectivity index is 1.77.